The second-order valence-electron chi connectivity index (χ2n) is 4.75. The molecule has 0 radical (unpaired) electrons. The van der Waals surface area contributed by atoms with Crippen LogP contribution < -0.4 is 4.72 Å². The van der Waals surface area contributed by atoms with Gasteiger partial charge in [-0.3, -0.25) is 0 Å². The van der Waals surface area contributed by atoms with Gasteiger partial charge in [-0.05, 0) is 12.3 Å². The summed E-state index contributed by atoms with van der Waals surface area (Å²) in [6, 6.07) is 0. The third-order valence-corrected chi connectivity index (χ3v) is 6.06. The molecule has 1 rings (SSSR count). The Labute approximate surface area is 130 Å². The average Bonchev–Trinajstić information content (AvgIpc) is 2.97. The van der Waals surface area contributed by atoms with E-state index in [0.29, 0.717) is 12.5 Å². The maximum atomic E-state index is 12.3. The zero-order chi connectivity index (χ0) is 15.9. The highest BCUT2D eigenvalue weighted by Crippen LogP contribution is 2.21. The minimum atomic E-state index is -3.73. The van der Waals surface area contributed by atoms with Crippen molar-refractivity contribution >= 4 is 27.3 Å². The summed E-state index contributed by atoms with van der Waals surface area (Å²) in [6.07, 6.45) is 4.07. The Hall–Kier alpha value is -0.990. The van der Waals surface area contributed by atoms with Gasteiger partial charge >= 0.3 is 5.97 Å². The maximum absolute atomic E-state index is 12.3. The molecule has 1 heterocycles. The van der Waals surface area contributed by atoms with Gasteiger partial charge < -0.3 is 4.74 Å². The number of unbranched alkanes of at least 4 members (excludes halogenated alkanes) is 1. The van der Waals surface area contributed by atoms with Gasteiger partial charge in [-0.15, -0.1) is 11.3 Å². The molecule has 1 unspecified atom stereocenters. The van der Waals surface area contributed by atoms with E-state index < -0.39 is 16.0 Å². The van der Waals surface area contributed by atoms with Crippen molar-refractivity contribution < 1.29 is 17.9 Å². The van der Waals surface area contributed by atoms with Gasteiger partial charge in [0.05, 0.1) is 12.6 Å². The predicted octanol–water partition coefficient (Wildman–Crippen LogP) is 2.42. The normalized spacial score (nSPS) is 13.1. The van der Waals surface area contributed by atoms with Crippen LogP contribution in [0.5, 0.6) is 0 Å². The van der Waals surface area contributed by atoms with E-state index in [0.717, 1.165) is 37.0 Å². The summed E-state index contributed by atoms with van der Waals surface area (Å²) in [7, 11) is -2.53. The van der Waals surface area contributed by atoms with Crippen LogP contribution in [0.25, 0.3) is 0 Å². The van der Waals surface area contributed by atoms with E-state index in [1.165, 1.54) is 12.6 Å². The molecule has 0 fully saturated rings. The van der Waals surface area contributed by atoms with Crippen LogP contribution in [0.3, 0.4) is 0 Å². The Morgan fingerprint density at radius 1 is 1.48 bits per heavy atom. The first kappa shape index (κ1) is 18.1. The fourth-order valence-electron chi connectivity index (χ4n) is 1.90. The first-order valence-electron chi connectivity index (χ1n) is 6.97. The SMILES string of the molecule is CCCCC(CC)CNS(=O)(=O)c1scnc1C(=O)OC. The molecule has 0 aromatic carbocycles. The Kier molecular flexibility index (Phi) is 7.27. The smallest absolute Gasteiger partial charge is 0.358 e. The summed E-state index contributed by atoms with van der Waals surface area (Å²) in [4.78, 5) is 15.3. The zero-order valence-corrected chi connectivity index (χ0v) is 14.2. The van der Waals surface area contributed by atoms with E-state index in [-0.39, 0.29) is 9.90 Å². The van der Waals surface area contributed by atoms with Gasteiger partial charge in [0, 0.05) is 6.54 Å². The second kappa shape index (κ2) is 8.45. The van der Waals surface area contributed by atoms with Crippen molar-refractivity contribution in [3.8, 4) is 0 Å². The van der Waals surface area contributed by atoms with Crippen LogP contribution in [0.1, 0.15) is 50.0 Å². The molecule has 1 aromatic rings. The fourth-order valence-corrected chi connectivity index (χ4v) is 4.19. The number of sulfonamides is 1. The summed E-state index contributed by atoms with van der Waals surface area (Å²) >= 11 is 0.915. The van der Waals surface area contributed by atoms with Crippen molar-refractivity contribution in [3.05, 3.63) is 11.2 Å². The number of aromatic nitrogens is 1. The van der Waals surface area contributed by atoms with Crippen molar-refractivity contribution in [2.24, 2.45) is 5.92 Å². The lowest BCUT2D eigenvalue weighted by atomic mass is 10.00. The highest BCUT2D eigenvalue weighted by atomic mass is 32.2. The second-order valence-corrected chi connectivity index (χ2v) is 7.57. The number of thiazole rings is 1. The first-order valence-corrected chi connectivity index (χ1v) is 9.34. The summed E-state index contributed by atoms with van der Waals surface area (Å²) in [5.74, 6) is -0.441. The van der Waals surface area contributed by atoms with E-state index in [1.54, 1.807) is 0 Å². The molecule has 0 spiro atoms. The molecule has 0 aliphatic rings. The average molecular weight is 334 g/mol. The Bertz CT molecular complexity index is 554. The van der Waals surface area contributed by atoms with Crippen LogP contribution in [-0.4, -0.2) is 33.0 Å². The third-order valence-electron chi connectivity index (χ3n) is 3.26. The van der Waals surface area contributed by atoms with Crippen molar-refractivity contribution in [1.82, 2.24) is 9.71 Å². The lowest BCUT2D eigenvalue weighted by Crippen LogP contribution is -2.30. The molecule has 0 aliphatic carbocycles. The molecule has 1 N–H and O–H groups in total. The molecule has 21 heavy (non-hydrogen) atoms. The standard InChI is InChI=1S/C13H22N2O4S2/c1-4-6-7-10(5-2)8-15-21(17,18)13-11(12(16)19-3)14-9-20-13/h9-10,15H,4-8H2,1-3H3. The number of ether oxygens (including phenoxy) is 1. The van der Waals surface area contributed by atoms with E-state index >= 15 is 0 Å². The Morgan fingerprint density at radius 3 is 2.76 bits per heavy atom. The molecular formula is C13H22N2O4S2. The van der Waals surface area contributed by atoms with Crippen LogP contribution in [0, 0.1) is 5.92 Å². The highest BCUT2D eigenvalue weighted by molar-refractivity contribution is 7.91. The van der Waals surface area contributed by atoms with Crippen LogP contribution in [0.2, 0.25) is 0 Å². The van der Waals surface area contributed by atoms with E-state index in [4.69, 9.17) is 0 Å². The van der Waals surface area contributed by atoms with Gasteiger partial charge in [-0.1, -0.05) is 33.1 Å². The van der Waals surface area contributed by atoms with E-state index in [9.17, 15) is 13.2 Å². The molecule has 0 amide bonds. The largest absolute Gasteiger partial charge is 0.464 e. The fraction of sp³-hybridized carbons (Fsp3) is 0.692. The molecule has 8 heteroatoms. The lowest BCUT2D eigenvalue weighted by Gasteiger charge is -2.15. The summed E-state index contributed by atoms with van der Waals surface area (Å²) in [6.45, 7) is 4.52. The lowest BCUT2D eigenvalue weighted by molar-refractivity contribution is 0.0590. The van der Waals surface area contributed by atoms with Crippen molar-refractivity contribution in [1.29, 1.82) is 0 Å². The predicted molar refractivity (Wildman–Crippen MR) is 81.9 cm³/mol. The molecule has 1 aromatic heterocycles. The quantitative estimate of drug-likeness (QED) is 0.701. The minimum absolute atomic E-state index is 0.0836. The van der Waals surface area contributed by atoms with Crippen molar-refractivity contribution in [2.45, 2.75) is 43.7 Å². The summed E-state index contributed by atoms with van der Waals surface area (Å²) in [5, 5.41) is 0. The van der Waals surface area contributed by atoms with Gasteiger partial charge in [0.15, 0.2) is 9.90 Å². The molecule has 120 valence electrons. The zero-order valence-electron chi connectivity index (χ0n) is 12.6. The van der Waals surface area contributed by atoms with Gasteiger partial charge in [-0.2, -0.15) is 0 Å². The molecule has 0 aliphatic heterocycles. The highest BCUT2D eigenvalue weighted by Gasteiger charge is 2.26. The molecule has 0 saturated carbocycles. The molecule has 0 saturated heterocycles. The molecular weight excluding hydrogens is 312 g/mol. The van der Waals surface area contributed by atoms with Gasteiger partial charge in [0.1, 0.15) is 0 Å². The summed E-state index contributed by atoms with van der Waals surface area (Å²) in [5.41, 5.74) is 1.17. The topological polar surface area (TPSA) is 85.4 Å². The van der Waals surface area contributed by atoms with E-state index in [2.05, 4.69) is 21.4 Å². The number of hydrogen-bond acceptors (Lipinski definition) is 6. The van der Waals surface area contributed by atoms with Gasteiger partial charge in [0.2, 0.25) is 0 Å². The number of carbonyl (C=O) groups is 1. The number of rotatable bonds is 9. The number of methoxy groups -OCH3 is 1. The minimum Gasteiger partial charge on any atom is -0.464 e. The number of esters is 1. The van der Waals surface area contributed by atoms with Crippen LogP contribution >= 0.6 is 11.3 Å². The van der Waals surface area contributed by atoms with Crippen LogP contribution in [0.15, 0.2) is 9.72 Å². The molecule has 6 nitrogen and oxygen atoms in total. The third kappa shape index (κ3) is 5.05. The Balaban J connectivity index is 2.78. The Morgan fingerprint density at radius 2 is 2.19 bits per heavy atom. The van der Waals surface area contributed by atoms with Gasteiger partial charge in [-0.25, -0.2) is 22.9 Å². The van der Waals surface area contributed by atoms with E-state index in [1.807, 2.05) is 6.92 Å². The molecule has 1 atom stereocenters. The molecule has 0 bridgehead atoms. The number of nitrogens with zero attached hydrogens (tertiary/aromatic N) is 1. The van der Waals surface area contributed by atoms with Crippen molar-refractivity contribution in [2.75, 3.05) is 13.7 Å². The van der Waals surface area contributed by atoms with Crippen LogP contribution in [-0.2, 0) is 14.8 Å². The monoisotopic (exact) mass is 334 g/mol. The summed E-state index contributed by atoms with van der Waals surface area (Å²) < 4.78 is 31.6. The van der Waals surface area contributed by atoms with Crippen molar-refractivity contribution in [3.63, 3.8) is 0 Å². The number of hydrogen-bond donors (Lipinski definition) is 1. The maximum Gasteiger partial charge on any atom is 0.358 e. The number of carbonyl (C=O) groups excluding carboxylic acids is 1. The van der Waals surface area contributed by atoms with Gasteiger partial charge in [0.25, 0.3) is 10.0 Å². The van der Waals surface area contributed by atoms with Crippen LogP contribution in [0.4, 0.5) is 0 Å². The first-order chi connectivity index (χ1) is 9.96. The number of nitrogens with one attached hydrogen (secondary N) is 1.